The maximum absolute atomic E-state index is 14.5. The van der Waals surface area contributed by atoms with Gasteiger partial charge in [0.2, 0.25) is 5.60 Å². The molecule has 1 aromatic heterocycles. The summed E-state index contributed by atoms with van der Waals surface area (Å²) in [7, 11) is 1.31. The minimum Gasteiger partial charge on any atom is -0.493 e. The quantitative estimate of drug-likeness (QED) is 0.269. The molecule has 0 fully saturated rings. The smallest absolute Gasteiger partial charge is 0.424 e. The first-order valence-corrected chi connectivity index (χ1v) is 12.6. The molecule has 41 heavy (non-hydrogen) atoms. The lowest BCUT2D eigenvalue weighted by Gasteiger charge is -2.31. The first-order valence-electron chi connectivity index (χ1n) is 12.6. The van der Waals surface area contributed by atoms with Crippen molar-refractivity contribution in [2.75, 3.05) is 33.5 Å². The number of carbonyl (C=O) groups excluding carboxylic acids is 1. The van der Waals surface area contributed by atoms with E-state index in [0.29, 0.717) is 6.42 Å². The lowest BCUT2D eigenvalue weighted by molar-refractivity contribution is -0.265. The summed E-state index contributed by atoms with van der Waals surface area (Å²) in [5, 5.41) is 22.2. The molecule has 4 rings (SSSR count). The number of nitrogens with two attached hydrogens (primary N) is 1. The van der Waals surface area contributed by atoms with Crippen molar-refractivity contribution < 1.29 is 46.8 Å². The number of fused-ring (bicyclic) bond motifs is 1. The van der Waals surface area contributed by atoms with Crippen LogP contribution in [0.2, 0.25) is 0 Å². The number of alkyl halides is 3. The van der Waals surface area contributed by atoms with Crippen molar-refractivity contribution in [1.82, 2.24) is 10.3 Å². The van der Waals surface area contributed by atoms with Crippen LogP contribution in [-0.4, -0.2) is 60.8 Å². The Kier molecular flexibility index (Phi) is 8.43. The molecule has 2 heterocycles. The van der Waals surface area contributed by atoms with Crippen LogP contribution in [-0.2, 0) is 11.1 Å². The fraction of sp³-hybridized carbons (Fsp3) is 0.357. The van der Waals surface area contributed by atoms with Crippen molar-refractivity contribution in [1.29, 1.82) is 0 Å². The van der Waals surface area contributed by atoms with Gasteiger partial charge in [-0.25, -0.2) is 9.37 Å². The van der Waals surface area contributed by atoms with Crippen LogP contribution in [0.15, 0.2) is 48.5 Å². The number of benzene rings is 2. The van der Waals surface area contributed by atoms with Crippen LogP contribution in [0, 0.1) is 5.82 Å². The molecule has 0 spiro atoms. The van der Waals surface area contributed by atoms with Gasteiger partial charge in [0.1, 0.15) is 24.7 Å². The largest absolute Gasteiger partial charge is 0.493 e. The normalized spacial score (nSPS) is 17.8. The SMILES string of the molecule is CCC1(N)COc2c1cc(C(O)(CNC(=O)c1ccc(OCCO)c(OC)c1)C(F)(F)F)nc2-c1ccc(F)cc1. The number of carbonyl (C=O) groups is 1. The number of ether oxygens (including phenoxy) is 3. The van der Waals surface area contributed by atoms with Crippen LogP contribution in [0.4, 0.5) is 17.6 Å². The standard InChI is InChI=1S/C28H29F4N3O6/c1-3-26(33)15-41-24-19(26)13-22(35-23(24)16-4-7-18(29)8-5-16)27(38,28(30,31)32)14-34-25(37)17-6-9-20(40-11-10-36)21(12-17)39-2/h4-9,12-13,36,38H,3,10-11,14-15,33H2,1-2H3,(H,34,37). The van der Waals surface area contributed by atoms with Crippen LogP contribution in [0.1, 0.15) is 35.0 Å². The highest BCUT2D eigenvalue weighted by molar-refractivity contribution is 5.95. The van der Waals surface area contributed by atoms with Crippen LogP contribution >= 0.6 is 0 Å². The van der Waals surface area contributed by atoms with Crippen LogP contribution in [0.3, 0.4) is 0 Å². The molecule has 5 N–H and O–H groups in total. The highest BCUT2D eigenvalue weighted by Gasteiger charge is 2.57. The molecular formula is C28H29F4N3O6. The van der Waals surface area contributed by atoms with E-state index < -0.39 is 41.3 Å². The minimum absolute atomic E-state index is 0.0403. The zero-order valence-electron chi connectivity index (χ0n) is 22.2. The zero-order chi connectivity index (χ0) is 30.0. The zero-order valence-corrected chi connectivity index (χ0v) is 22.2. The maximum Gasteiger partial charge on any atom is 0.424 e. The predicted octanol–water partition coefficient (Wildman–Crippen LogP) is 3.40. The summed E-state index contributed by atoms with van der Waals surface area (Å²) < 4.78 is 73.4. The number of aromatic nitrogens is 1. The highest BCUT2D eigenvalue weighted by atomic mass is 19.4. The first kappa shape index (κ1) is 30.0. The molecule has 0 bridgehead atoms. The molecule has 1 aliphatic heterocycles. The Morgan fingerprint density at radius 1 is 1.17 bits per heavy atom. The van der Waals surface area contributed by atoms with Gasteiger partial charge in [-0.05, 0) is 55.0 Å². The van der Waals surface area contributed by atoms with Gasteiger partial charge in [-0.15, -0.1) is 0 Å². The highest BCUT2D eigenvalue weighted by Crippen LogP contribution is 2.47. The molecule has 2 unspecified atom stereocenters. The number of nitrogens with zero attached hydrogens (tertiary/aromatic N) is 1. The van der Waals surface area contributed by atoms with E-state index in [1.54, 1.807) is 6.92 Å². The lowest BCUT2D eigenvalue weighted by atomic mass is 9.86. The van der Waals surface area contributed by atoms with Gasteiger partial charge in [-0.2, -0.15) is 13.2 Å². The van der Waals surface area contributed by atoms with Crippen LogP contribution in [0.5, 0.6) is 17.2 Å². The maximum atomic E-state index is 14.5. The Morgan fingerprint density at radius 2 is 1.88 bits per heavy atom. The second-order valence-corrected chi connectivity index (χ2v) is 9.52. The third kappa shape index (κ3) is 5.78. The van der Waals surface area contributed by atoms with Crippen LogP contribution in [0.25, 0.3) is 11.3 Å². The molecule has 220 valence electrons. The van der Waals surface area contributed by atoms with Gasteiger partial charge in [0.25, 0.3) is 5.91 Å². The van der Waals surface area contributed by atoms with E-state index in [1.807, 2.05) is 0 Å². The van der Waals surface area contributed by atoms with E-state index >= 15 is 0 Å². The summed E-state index contributed by atoms with van der Waals surface area (Å²) in [6.07, 6.45) is -4.99. The summed E-state index contributed by atoms with van der Waals surface area (Å²) in [5.41, 5.74) is 1.13. The molecule has 9 nitrogen and oxygen atoms in total. The van der Waals surface area contributed by atoms with Crippen molar-refractivity contribution in [3.8, 4) is 28.5 Å². The third-order valence-electron chi connectivity index (χ3n) is 6.90. The number of methoxy groups -OCH3 is 1. The van der Waals surface area contributed by atoms with Crippen molar-refractivity contribution in [3.63, 3.8) is 0 Å². The molecule has 0 aliphatic carbocycles. The fourth-order valence-corrected chi connectivity index (χ4v) is 4.37. The fourth-order valence-electron chi connectivity index (χ4n) is 4.37. The second kappa shape index (κ2) is 11.5. The number of halogens is 4. The number of amides is 1. The number of hydrogen-bond acceptors (Lipinski definition) is 8. The molecule has 3 aromatic rings. The third-order valence-corrected chi connectivity index (χ3v) is 6.90. The molecule has 1 amide bonds. The topological polar surface area (TPSA) is 136 Å². The molecule has 2 atom stereocenters. The van der Waals surface area contributed by atoms with Crippen molar-refractivity contribution in [3.05, 3.63) is 71.2 Å². The Labute approximate surface area is 232 Å². The van der Waals surface area contributed by atoms with Gasteiger partial charge in [-0.1, -0.05) is 6.92 Å². The average molecular weight is 580 g/mol. The molecule has 0 radical (unpaired) electrons. The molecule has 2 aromatic carbocycles. The number of hydrogen-bond donors (Lipinski definition) is 4. The number of aliphatic hydroxyl groups is 2. The van der Waals surface area contributed by atoms with E-state index in [0.717, 1.165) is 18.2 Å². The lowest BCUT2D eigenvalue weighted by Crippen LogP contribution is -2.51. The summed E-state index contributed by atoms with van der Waals surface area (Å²) in [6, 6.07) is 9.81. The monoisotopic (exact) mass is 579 g/mol. The molecule has 0 saturated heterocycles. The van der Waals surface area contributed by atoms with Crippen molar-refractivity contribution in [2.45, 2.75) is 30.7 Å². The van der Waals surface area contributed by atoms with E-state index in [4.69, 9.17) is 25.1 Å². The van der Waals surface area contributed by atoms with E-state index in [9.17, 15) is 27.5 Å². The predicted molar refractivity (Wildman–Crippen MR) is 139 cm³/mol. The molecule has 0 saturated carbocycles. The number of rotatable bonds is 10. The van der Waals surface area contributed by atoms with E-state index in [2.05, 4.69) is 10.3 Å². The van der Waals surface area contributed by atoms with Gasteiger partial charge in [0, 0.05) is 16.7 Å². The summed E-state index contributed by atoms with van der Waals surface area (Å²) in [5.74, 6) is -1.05. The van der Waals surface area contributed by atoms with Gasteiger partial charge < -0.3 is 35.5 Å². The van der Waals surface area contributed by atoms with Crippen LogP contribution < -0.4 is 25.3 Å². The average Bonchev–Trinajstić information content (AvgIpc) is 3.30. The van der Waals surface area contributed by atoms with Crippen molar-refractivity contribution in [2.24, 2.45) is 5.73 Å². The van der Waals surface area contributed by atoms with E-state index in [1.165, 1.54) is 37.4 Å². The summed E-state index contributed by atoms with van der Waals surface area (Å²) >= 11 is 0. The Morgan fingerprint density at radius 3 is 2.49 bits per heavy atom. The van der Waals surface area contributed by atoms with Crippen molar-refractivity contribution >= 4 is 5.91 Å². The van der Waals surface area contributed by atoms with Gasteiger partial charge in [-0.3, -0.25) is 4.79 Å². The first-order chi connectivity index (χ1) is 19.4. The van der Waals surface area contributed by atoms with E-state index in [-0.39, 0.29) is 59.5 Å². The van der Waals surface area contributed by atoms with Gasteiger partial charge >= 0.3 is 6.18 Å². The molecule has 13 heteroatoms. The Balaban J connectivity index is 1.73. The minimum atomic E-state index is -5.29. The summed E-state index contributed by atoms with van der Waals surface area (Å²) in [6.45, 7) is 0.0948. The number of nitrogens with one attached hydrogen (secondary N) is 1. The van der Waals surface area contributed by atoms with Gasteiger partial charge in [0.15, 0.2) is 17.2 Å². The Hall–Kier alpha value is -3.94. The Bertz CT molecular complexity index is 1420. The number of aliphatic hydroxyl groups excluding tert-OH is 1. The molecule has 1 aliphatic rings. The van der Waals surface area contributed by atoms with Gasteiger partial charge in [0.05, 0.1) is 31.5 Å². The second-order valence-electron chi connectivity index (χ2n) is 9.52. The summed E-state index contributed by atoms with van der Waals surface area (Å²) in [4.78, 5) is 17.0. The molecular weight excluding hydrogens is 550 g/mol. The number of pyridine rings is 1.